The topological polar surface area (TPSA) is 111 Å². The van der Waals surface area contributed by atoms with Crippen LogP contribution < -0.4 is 11.3 Å². The van der Waals surface area contributed by atoms with Crippen molar-refractivity contribution >= 4 is 17.0 Å². The molecule has 2 aromatic rings. The van der Waals surface area contributed by atoms with Crippen molar-refractivity contribution < 1.29 is 5.11 Å². The molecule has 0 amide bonds. The van der Waals surface area contributed by atoms with Crippen LogP contribution >= 0.6 is 0 Å². The number of hydrogen-bond donors (Lipinski definition) is 4. The maximum atomic E-state index is 11.7. The number of likely N-dealkylation sites (N-methyl/N-ethyl adjacent to an activating group) is 1. The summed E-state index contributed by atoms with van der Waals surface area (Å²) in [7, 11) is 0. The van der Waals surface area contributed by atoms with Crippen LogP contribution in [0.1, 0.15) is 19.4 Å². The molecule has 2 heterocycles. The Labute approximate surface area is 110 Å². The third kappa shape index (κ3) is 2.94. The van der Waals surface area contributed by atoms with Crippen LogP contribution in [0.3, 0.4) is 0 Å². The molecule has 0 saturated carbocycles. The van der Waals surface area contributed by atoms with Crippen LogP contribution in [0.4, 0.5) is 5.95 Å². The van der Waals surface area contributed by atoms with E-state index < -0.39 is 6.10 Å². The fourth-order valence-corrected chi connectivity index (χ4v) is 2.13. The van der Waals surface area contributed by atoms with Gasteiger partial charge >= 0.3 is 0 Å². The Morgan fingerprint density at radius 1 is 1.58 bits per heavy atom. The lowest BCUT2D eigenvalue weighted by atomic mass is 10.2. The molecule has 0 bridgehead atoms. The molecule has 0 spiro atoms. The summed E-state index contributed by atoms with van der Waals surface area (Å²) in [5.74, 6) is 0.108. The second-order valence-corrected chi connectivity index (χ2v) is 4.67. The van der Waals surface area contributed by atoms with Crippen LogP contribution in [0.2, 0.25) is 0 Å². The zero-order valence-corrected chi connectivity index (χ0v) is 11.1. The van der Waals surface area contributed by atoms with Crippen molar-refractivity contribution in [2.75, 3.05) is 18.8 Å². The molecule has 2 aromatic heterocycles. The Morgan fingerprint density at radius 3 is 2.95 bits per heavy atom. The molecule has 0 fully saturated rings. The van der Waals surface area contributed by atoms with E-state index in [1.54, 1.807) is 13.1 Å². The molecule has 7 heteroatoms. The molecule has 0 aliphatic rings. The van der Waals surface area contributed by atoms with Gasteiger partial charge < -0.3 is 15.8 Å². The number of hydrogen-bond acceptors (Lipinski definition) is 5. The maximum Gasteiger partial charge on any atom is 0.276 e. The van der Waals surface area contributed by atoms with Crippen molar-refractivity contribution in [3.63, 3.8) is 0 Å². The van der Waals surface area contributed by atoms with Gasteiger partial charge in [0.1, 0.15) is 11.0 Å². The Morgan fingerprint density at radius 2 is 2.32 bits per heavy atom. The van der Waals surface area contributed by atoms with Gasteiger partial charge in [-0.3, -0.25) is 14.7 Å². The molecule has 7 nitrogen and oxygen atoms in total. The number of rotatable bonds is 5. The molecule has 0 aliphatic heterocycles. The highest BCUT2D eigenvalue weighted by Crippen LogP contribution is 2.15. The van der Waals surface area contributed by atoms with Crippen molar-refractivity contribution in [2.45, 2.75) is 26.5 Å². The first-order valence-corrected chi connectivity index (χ1v) is 6.27. The molecule has 5 N–H and O–H groups in total. The van der Waals surface area contributed by atoms with Crippen LogP contribution in [-0.4, -0.2) is 44.2 Å². The van der Waals surface area contributed by atoms with E-state index >= 15 is 0 Å². The normalized spacial score (nSPS) is 13.3. The molecule has 1 atom stereocenters. The second-order valence-electron chi connectivity index (χ2n) is 4.67. The van der Waals surface area contributed by atoms with Gasteiger partial charge in [-0.15, -0.1) is 0 Å². The molecule has 19 heavy (non-hydrogen) atoms. The monoisotopic (exact) mass is 265 g/mol. The smallest absolute Gasteiger partial charge is 0.276 e. The van der Waals surface area contributed by atoms with Crippen LogP contribution in [0, 0.1) is 0 Å². The van der Waals surface area contributed by atoms with Gasteiger partial charge in [0.25, 0.3) is 5.56 Å². The van der Waals surface area contributed by atoms with Gasteiger partial charge in [0, 0.05) is 24.8 Å². The first-order chi connectivity index (χ1) is 9.01. The zero-order valence-electron chi connectivity index (χ0n) is 11.1. The summed E-state index contributed by atoms with van der Waals surface area (Å²) >= 11 is 0. The third-order valence-corrected chi connectivity index (χ3v) is 3.00. The quantitative estimate of drug-likeness (QED) is 0.610. The molecule has 0 saturated heterocycles. The molecule has 1 unspecified atom stereocenters. The highest BCUT2D eigenvalue weighted by molar-refractivity contribution is 5.78. The van der Waals surface area contributed by atoms with Crippen molar-refractivity contribution in [2.24, 2.45) is 0 Å². The highest BCUT2D eigenvalue weighted by Gasteiger charge is 2.13. The Bertz CT molecular complexity index is 616. The lowest BCUT2D eigenvalue weighted by Gasteiger charge is -2.21. The number of nitrogen functional groups attached to an aromatic ring is 1. The number of aromatic nitrogens is 3. The van der Waals surface area contributed by atoms with Crippen LogP contribution in [0.15, 0.2) is 11.0 Å². The molecular formula is C12H19N5O2. The average Bonchev–Trinajstić information content (AvgIpc) is 2.71. The predicted octanol–water partition coefficient (Wildman–Crippen LogP) is 0.0361. The standard InChI is InChI=1S/C12H19N5O2/c1-3-17(5-7(2)18)6-8-4-14-10-9(8)15-12(13)16-11(10)19/h4,7,14,18H,3,5-6H2,1-2H3,(H3,13,15,16,19). The van der Waals surface area contributed by atoms with Crippen LogP contribution in [0.25, 0.3) is 11.0 Å². The third-order valence-electron chi connectivity index (χ3n) is 3.00. The summed E-state index contributed by atoms with van der Waals surface area (Å²) < 4.78 is 0. The molecule has 2 rings (SSSR count). The van der Waals surface area contributed by atoms with E-state index in [2.05, 4.69) is 19.9 Å². The second kappa shape index (κ2) is 5.41. The Balaban J connectivity index is 2.32. The fourth-order valence-electron chi connectivity index (χ4n) is 2.13. The minimum atomic E-state index is -0.397. The minimum Gasteiger partial charge on any atom is -0.392 e. The summed E-state index contributed by atoms with van der Waals surface area (Å²) in [6.07, 6.45) is 1.36. The number of aliphatic hydroxyl groups excluding tert-OH is 1. The lowest BCUT2D eigenvalue weighted by molar-refractivity contribution is 0.126. The SMILES string of the molecule is CCN(Cc1c[nH]c2c(=O)[nH]c(N)nc12)CC(C)O. The van der Waals surface area contributed by atoms with Crippen molar-refractivity contribution in [1.29, 1.82) is 0 Å². The Kier molecular flexibility index (Phi) is 3.87. The van der Waals surface area contributed by atoms with Gasteiger partial charge in [-0.25, -0.2) is 4.98 Å². The van der Waals surface area contributed by atoms with Crippen LogP contribution in [0.5, 0.6) is 0 Å². The van der Waals surface area contributed by atoms with E-state index in [0.29, 0.717) is 24.1 Å². The summed E-state index contributed by atoms with van der Waals surface area (Å²) in [5, 5.41) is 9.44. The average molecular weight is 265 g/mol. The summed E-state index contributed by atoms with van der Waals surface area (Å²) in [5.41, 5.74) is 7.21. The first-order valence-electron chi connectivity index (χ1n) is 6.27. The van der Waals surface area contributed by atoms with E-state index in [1.165, 1.54) is 0 Å². The fraction of sp³-hybridized carbons (Fsp3) is 0.500. The Hall–Kier alpha value is -1.86. The van der Waals surface area contributed by atoms with E-state index in [9.17, 15) is 9.90 Å². The molecule has 104 valence electrons. The summed E-state index contributed by atoms with van der Waals surface area (Å²) in [6.45, 7) is 5.75. The molecule has 0 radical (unpaired) electrons. The van der Waals surface area contributed by atoms with Crippen molar-refractivity contribution in [1.82, 2.24) is 19.9 Å². The van der Waals surface area contributed by atoms with Gasteiger partial charge in [0.15, 0.2) is 0 Å². The van der Waals surface area contributed by atoms with E-state index in [4.69, 9.17) is 5.73 Å². The van der Waals surface area contributed by atoms with Crippen molar-refractivity contribution in [3.05, 3.63) is 22.1 Å². The number of nitrogens with one attached hydrogen (secondary N) is 2. The number of nitrogens with two attached hydrogens (primary N) is 1. The highest BCUT2D eigenvalue weighted by atomic mass is 16.3. The van der Waals surface area contributed by atoms with Crippen LogP contribution in [-0.2, 0) is 6.54 Å². The van der Waals surface area contributed by atoms with Crippen molar-refractivity contribution in [3.8, 4) is 0 Å². The largest absolute Gasteiger partial charge is 0.392 e. The number of aliphatic hydroxyl groups is 1. The minimum absolute atomic E-state index is 0.108. The number of anilines is 1. The number of H-pyrrole nitrogens is 2. The van der Waals surface area contributed by atoms with Gasteiger partial charge in [-0.1, -0.05) is 6.92 Å². The number of nitrogens with zero attached hydrogens (tertiary/aromatic N) is 2. The molecule has 0 aliphatic carbocycles. The van der Waals surface area contributed by atoms with Gasteiger partial charge in [-0.05, 0) is 13.5 Å². The van der Waals surface area contributed by atoms with E-state index in [1.807, 2.05) is 6.92 Å². The van der Waals surface area contributed by atoms with Gasteiger partial charge in [0.05, 0.1) is 6.10 Å². The molecule has 0 aromatic carbocycles. The zero-order chi connectivity index (χ0) is 14.0. The predicted molar refractivity (Wildman–Crippen MR) is 73.8 cm³/mol. The number of aromatic amines is 2. The summed E-state index contributed by atoms with van der Waals surface area (Å²) in [6, 6.07) is 0. The van der Waals surface area contributed by atoms with Gasteiger partial charge in [-0.2, -0.15) is 0 Å². The maximum absolute atomic E-state index is 11.7. The summed E-state index contributed by atoms with van der Waals surface area (Å²) in [4.78, 5) is 23.3. The number of fused-ring (bicyclic) bond motifs is 1. The van der Waals surface area contributed by atoms with E-state index in [-0.39, 0.29) is 11.5 Å². The molecular weight excluding hydrogens is 246 g/mol. The first kappa shape index (κ1) is 13.6. The van der Waals surface area contributed by atoms with E-state index in [0.717, 1.165) is 12.1 Å². The van der Waals surface area contributed by atoms with Gasteiger partial charge in [0.2, 0.25) is 5.95 Å². The lowest BCUT2D eigenvalue weighted by Crippen LogP contribution is -2.30.